The highest BCUT2D eigenvalue weighted by Crippen LogP contribution is 2.40. The number of anilines is 1. The molecular formula is C30H24F3N3O5S. The summed E-state index contributed by atoms with van der Waals surface area (Å²) >= 11 is 0.873. The van der Waals surface area contributed by atoms with E-state index in [2.05, 4.69) is 5.32 Å². The Balaban J connectivity index is 1.99. The summed E-state index contributed by atoms with van der Waals surface area (Å²) in [5.41, 5.74) is -0.545. The molecule has 0 aliphatic carbocycles. The van der Waals surface area contributed by atoms with Gasteiger partial charge in [-0.2, -0.15) is 18.4 Å². The molecule has 0 radical (unpaired) electrons. The first kappa shape index (κ1) is 30.0. The fraction of sp³-hybridized carbons (Fsp3) is 0.167. The quantitative estimate of drug-likeness (QED) is 0.340. The maximum Gasteiger partial charge on any atom is 0.416 e. The van der Waals surface area contributed by atoms with E-state index in [1.165, 1.54) is 38.0 Å². The number of ether oxygens (including phenoxy) is 3. The van der Waals surface area contributed by atoms with Gasteiger partial charge in [0.15, 0.2) is 17.1 Å². The lowest BCUT2D eigenvalue weighted by molar-refractivity contribution is -0.137. The largest absolute Gasteiger partial charge is 0.493 e. The molecular weight excluding hydrogens is 571 g/mol. The van der Waals surface area contributed by atoms with Gasteiger partial charge in [0, 0.05) is 11.3 Å². The van der Waals surface area contributed by atoms with Crippen LogP contribution in [0.2, 0.25) is 0 Å². The number of methoxy groups -OCH3 is 3. The lowest BCUT2D eigenvalue weighted by Crippen LogP contribution is -2.32. The van der Waals surface area contributed by atoms with E-state index in [1.54, 1.807) is 43.3 Å². The smallest absolute Gasteiger partial charge is 0.416 e. The van der Waals surface area contributed by atoms with Crippen LogP contribution in [-0.2, 0) is 11.0 Å². The number of carbonyl (C=O) groups excluding carboxylic acids is 1. The average molecular weight is 596 g/mol. The molecule has 0 bridgehead atoms. The number of aromatic nitrogens is 1. The summed E-state index contributed by atoms with van der Waals surface area (Å²) in [6, 6.07) is 16.1. The van der Waals surface area contributed by atoms with E-state index in [0.29, 0.717) is 34.1 Å². The van der Waals surface area contributed by atoms with Crippen molar-refractivity contribution in [1.29, 1.82) is 5.26 Å². The van der Waals surface area contributed by atoms with Crippen LogP contribution in [0.15, 0.2) is 65.5 Å². The van der Waals surface area contributed by atoms with E-state index in [4.69, 9.17) is 14.2 Å². The van der Waals surface area contributed by atoms with Crippen LogP contribution in [0.25, 0.3) is 17.3 Å². The number of rotatable bonds is 7. The van der Waals surface area contributed by atoms with Crippen molar-refractivity contribution in [2.45, 2.75) is 13.1 Å². The van der Waals surface area contributed by atoms with Crippen LogP contribution in [0.3, 0.4) is 0 Å². The zero-order valence-electron chi connectivity index (χ0n) is 22.8. The van der Waals surface area contributed by atoms with Crippen LogP contribution < -0.4 is 34.3 Å². The lowest BCUT2D eigenvalue weighted by atomic mass is 10.1. The van der Waals surface area contributed by atoms with Gasteiger partial charge in [0.25, 0.3) is 11.5 Å². The number of nitrogens with zero attached hydrogens (tertiary/aromatic N) is 2. The summed E-state index contributed by atoms with van der Waals surface area (Å²) in [5, 5.41) is 12.4. The third-order valence-corrected chi connectivity index (χ3v) is 7.29. The minimum atomic E-state index is -4.63. The van der Waals surface area contributed by atoms with Crippen molar-refractivity contribution in [3.05, 3.63) is 96.9 Å². The molecule has 0 atom stereocenters. The minimum Gasteiger partial charge on any atom is -0.493 e. The first-order valence-corrected chi connectivity index (χ1v) is 13.1. The molecule has 1 aromatic heterocycles. The molecule has 1 heterocycles. The molecule has 0 aliphatic rings. The first-order chi connectivity index (χ1) is 20.0. The zero-order valence-corrected chi connectivity index (χ0v) is 23.6. The number of alkyl halides is 3. The molecule has 0 saturated carbocycles. The van der Waals surface area contributed by atoms with E-state index in [-0.39, 0.29) is 14.9 Å². The van der Waals surface area contributed by atoms with Gasteiger partial charge in [-0.15, -0.1) is 11.3 Å². The Morgan fingerprint density at radius 2 is 1.71 bits per heavy atom. The van der Waals surface area contributed by atoms with Crippen molar-refractivity contribution in [1.82, 2.24) is 4.57 Å². The third kappa shape index (κ3) is 5.87. The Labute approximate surface area is 242 Å². The van der Waals surface area contributed by atoms with Gasteiger partial charge < -0.3 is 19.5 Å². The molecule has 0 aliphatic heterocycles. The van der Waals surface area contributed by atoms with E-state index in [9.17, 15) is 28.0 Å². The molecule has 12 heteroatoms. The number of nitrogens with one attached hydrogen (secondary N) is 1. The van der Waals surface area contributed by atoms with Crippen molar-refractivity contribution >= 4 is 34.6 Å². The van der Waals surface area contributed by atoms with Crippen LogP contribution in [0.5, 0.6) is 17.2 Å². The number of carbonyl (C=O) groups is 1. The second-order valence-electron chi connectivity index (χ2n) is 8.79. The van der Waals surface area contributed by atoms with Gasteiger partial charge >= 0.3 is 6.18 Å². The number of thiazole rings is 1. The number of nitriles is 1. The summed E-state index contributed by atoms with van der Waals surface area (Å²) in [5.74, 6) is 0.0210. The van der Waals surface area contributed by atoms with E-state index < -0.39 is 28.8 Å². The van der Waals surface area contributed by atoms with E-state index in [0.717, 1.165) is 29.5 Å². The Hall–Kier alpha value is -5.02. The molecule has 42 heavy (non-hydrogen) atoms. The first-order valence-electron chi connectivity index (χ1n) is 12.3. The summed E-state index contributed by atoms with van der Waals surface area (Å²) < 4.78 is 57.3. The monoisotopic (exact) mass is 595 g/mol. The summed E-state index contributed by atoms with van der Waals surface area (Å²) in [4.78, 5) is 27.1. The maximum atomic E-state index is 13.8. The summed E-state index contributed by atoms with van der Waals surface area (Å²) in [6.45, 7) is 1.76. The fourth-order valence-electron chi connectivity index (χ4n) is 4.22. The number of halogens is 3. The Bertz CT molecular complexity index is 1890. The molecule has 8 nitrogen and oxygen atoms in total. The normalized spacial score (nSPS) is 12.4. The van der Waals surface area contributed by atoms with Crippen molar-refractivity contribution < 1.29 is 32.2 Å². The van der Waals surface area contributed by atoms with Crippen LogP contribution in [0, 0.1) is 18.3 Å². The highest BCUT2D eigenvalue weighted by Gasteiger charge is 2.30. The molecule has 0 fully saturated rings. The summed E-state index contributed by atoms with van der Waals surface area (Å²) in [6.07, 6.45) is -3.09. The number of aryl methyl sites for hydroxylation is 1. The highest BCUT2D eigenvalue weighted by atomic mass is 32.1. The zero-order chi connectivity index (χ0) is 30.6. The van der Waals surface area contributed by atoms with Gasteiger partial charge in [-0.25, -0.2) is 0 Å². The predicted octanol–water partition coefficient (Wildman–Crippen LogP) is 4.39. The van der Waals surface area contributed by atoms with Gasteiger partial charge in [-0.05, 0) is 55.0 Å². The molecule has 0 saturated heterocycles. The molecule has 4 aromatic rings. The molecule has 1 N–H and O–H groups in total. The SMILES string of the molecule is COc1ccc(/C=c2\s/c(=C(/C#N)C(=O)Nc3cccc(C(F)(F)F)c3)n(-c3ccccc3C)c2=O)c(OC)c1OC. The second kappa shape index (κ2) is 12.2. The van der Waals surface area contributed by atoms with Gasteiger partial charge in [0.2, 0.25) is 5.75 Å². The maximum absolute atomic E-state index is 13.8. The van der Waals surface area contributed by atoms with Crippen molar-refractivity contribution in [3.8, 4) is 29.0 Å². The Kier molecular flexibility index (Phi) is 8.73. The van der Waals surface area contributed by atoms with Crippen molar-refractivity contribution in [3.63, 3.8) is 0 Å². The van der Waals surface area contributed by atoms with Gasteiger partial charge in [-0.1, -0.05) is 24.3 Å². The van der Waals surface area contributed by atoms with Crippen LogP contribution in [0.1, 0.15) is 16.7 Å². The number of amides is 1. The molecule has 0 spiro atoms. The average Bonchev–Trinajstić information content (AvgIpc) is 3.27. The van der Waals surface area contributed by atoms with Crippen molar-refractivity contribution in [2.24, 2.45) is 0 Å². The molecule has 0 unspecified atom stereocenters. The second-order valence-corrected chi connectivity index (χ2v) is 9.82. The minimum absolute atomic E-state index is 0.00744. The van der Waals surface area contributed by atoms with Gasteiger partial charge in [0.05, 0.1) is 37.1 Å². The topological polar surface area (TPSA) is 103 Å². The van der Waals surface area contributed by atoms with Gasteiger partial charge in [0.1, 0.15) is 10.7 Å². The molecule has 1 amide bonds. The predicted molar refractivity (Wildman–Crippen MR) is 153 cm³/mol. The van der Waals surface area contributed by atoms with Crippen LogP contribution in [-0.4, -0.2) is 31.8 Å². The molecule has 3 aromatic carbocycles. The Morgan fingerprint density at radius 1 is 1.00 bits per heavy atom. The number of benzene rings is 3. The number of hydrogen-bond donors (Lipinski definition) is 1. The van der Waals surface area contributed by atoms with Crippen molar-refractivity contribution in [2.75, 3.05) is 26.6 Å². The highest BCUT2D eigenvalue weighted by molar-refractivity contribution is 7.07. The standard InChI is InChI=1S/C30H24F3N3O5S/c1-17-8-5-6-11-22(17)36-28(38)24(14-18-12-13-23(39-2)26(41-4)25(18)40-3)42-29(36)21(16-34)27(37)35-20-10-7-9-19(15-20)30(31,32)33/h5-15H,1-4H3,(H,35,37)/b24-14-,29-21-. The summed E-state index contributed by atoms with van der Waals surface area (Å²) in [7, 11) is 4.34. The van der Waals surface area contributed by atoms with E-state index in [1.807, 2.05) is 6.07 Å². The third-order valence-electron chi connectivity index (χ3n) is 6.20. The molecule has 216 valence electrons. The van der Waals surface area contributed by atoms with Crippen LogP contribution >= 0.6 is 11.3 Å². The van der Waals surface area contributed by atoms with Gasteiger partial charge in [-0.3, -0.25) is 14.2 Å². The Morgan fingerprint density at radius 3 is 2.33 bits per heavy atom. The molecule has 4 rings (SSSR count). The fourth-order valence-corrected chi connectivity index (χ4v) is 5.31. The lowest BCUT2D eigenvalue weighted by Gasteiger charge is -2.13. The number of para-hydroxylation sites is 1. The number of hydrogen-bond acceptors (Lipinski definition) is 7. The van der Waals surface area contributed by atoms with E-state index >= 15 is 0 Å². The van der Waals surface area contributed by atoms with Crippen LogP contribution in [0.4, 0.5) is 18.9 Å².